The largest absolute Gasteiger partial charge is 0.354 e. The van der Waals surface area contributed by atoms with Gasteiger partial charge in [-0.05, 0) is 31.2 Å². The van der Waals surface area contributed by atoms with E-state index in [0.717, 1.165) is 42.9 Å². The van der Waals surface area contributed by atoms with Crippen LogP contribution in [0.5, 0.6) is 0 Å². The number of nitro benzene ring substituents is 1. The van der Waals surface area contributed by atoms with E-state index in [2.05, 4.69) is 21.7 Å². The van der Waals surface area contributed by atoms with Crippen molar-refractivity contribution in [3.63, 3.8) is 0 Å². The molecule has 1 aliphatic rings. The fourth-order valence-corrected chi connectivity index (χ4v) is 2.97. The van der Waals surface area contributed by atoms with Crippen molar-refractivity contribution in [2.45, 2.75) is 19.8 Å². The topological polar surface area (TPSA) is 62.5 Å². The van der Waals surface area contributed by atoms with E-state index in [1.807, 2.05) is 12.1 Å². The van der Waals surface area contributed by atoms with E-state index in [1.165, 1.54) is 25.5 Å². The Balaban J connectivity index is 1.71. The third-order valence-electron chi connectivity index (χ3n) is 4.39. The summed E-state index contributed by atoms with van der Waals surface area (Å²) in [5, 5.41) is 11.6. The van der Waals surface area contributed by atoms with Crippen molar-refractivity contribution in [1.29, 1.82) is 0 Å². The number of fused-ring (bicyclic) bond motifs is 1. The molecule has 1 fully saturated rings. The van der Waals surface area contributed by atoms with Crippen LogP contribution >= 0.6 is 0 Å². The second-order valence-electron chi connectivity index (χ2n) is 5.99. The van der Waals surface area contributed by atoms with Crippen molar-refractivity contribution < 1.29 is 4.92 Å². The molecule has 0 radical (unpaired) electrons. The average molecular weight is 314 g/mol. The van der Waals surface area contributed by atoms with Crippen LogP contribution < -0.4 is 4.90 Å². The van der Waals surface area contributed by atoms with Gasteiger partial charge in [0, 0.05) is 43.7 Å². The van der Waals surface area contributed by atoms with E-state index >= 15 is 0 Å². The Kier molecular flexibility index (Phi) is 4.71. The van der Waals surface area contributed by atoms with Gasteiger partial charge in [-0.1, -0.05) is 13.3 Å². The summed E-state index contributed by atoms with van der Waals surface area (Å²) in [6.45, 7) is 7.50. The molecule has 2 aromatic rings. The number of hydrogen-bond acceptors (Lipinski definition) is 5. The van der Waals surface area contributed by atoms with E-state index in [4.69, 9.17) is 0 Å². The minimum atomic E-state index is -0.372. The second kappa shape index (κ2) is 6.91. The lowest BCUT2D eigenvalue weighted by molar-refractivity contribution is -0.384. The smallest absolute Gasteiger partial charge is 0.270 e. The average Bonchev–Trinajstić information content (AvgIpc) is 2.59. The molecule has 1 saturated heterocycles. The SMILES string of the molecule is CCCCN1CCN(c2ccc3cc([N+](=O)[O-])ccc3n2)CC1. The molecule has 1 aliphatic heterocycles. The normalized spacial score (nSPS) is 16.0. The van der Waals surface area contributed by atoms with E-state index in [1.54, 1.807) is 12.1 Å². The van der Waals surface area contributed by atoms with Gasteiger partial charge in [-0.3, -0.25) is 15.0 Å². The molecule has 0 atom stereocenters. The number of piperazine rings is 1. The molecule has 0 amide bonds. The molecule has 0 bridgehead atoms. The highest BCUT2D eigenvalue weighted by Gasteiger charge is 2.18. The number of hydrogen-bond donors (Lipinski definition) is 0. The van der Waals surface area contributed by atoms with Gasteiger partial charge in [0.05, 0.1) is 10.4 Å². The number of anilines is 1. The lowest BCUT2D eigenvalue weighted by Gasteiger charge is -2.35. The summed E-state index contributed by atoms with van der Waals surface area (Å²) in [4.78, 5) is 19.9. The summed E-state index contributed by atoms with van der Waals surface area (Å²) >= 11 is 0. The van der Waals surface area contributed by atoms with Gasteiger partial charge in [0.25, 0.3) is 5.69 Å². The molecule has 122 valence electrons. The fraction of sp³-hybridized carbons (Fsp3) is 0.471. The molecule has 0 unspecified atom stereocenters. The van der Waals surface area contributed by atoms with Crippen molar-refractivity contribution in [3.05, 3.63) is 40.4 Å². The zero-order valence-electron chi connectivity index (χ0n) is 13.4. The first-order valence-corrected chi connectivity index (χ1v) is 8.20. The molecule has 0 saturated carbocycles. The van der Waals surface area contributed by atoms with Crippen LogP contribution in [0, 0.1) is 10.1 Å². The Morgan fingerprint density at radius 2 is 1.96 bits per heavy atom. The van der Waals surface area contributed by atoms with Gasteiger partial charge < -0.3 is 4.90 Å². The first-order valence-electron chi connectivity index (χ1n) is 8.20. The standard InChI is InChI=1S/C17H22N4O2/c1-2-3-8-19-9-11-20(12-10-19)17-7-4-14-13-15(21(22)23)5-6-16(14)18-17/h4-7,13H,2-3,8-12H2,1H3. The molecule has 0 aliphatic carbocycles. The van der Waals surface area contributed by atoms with Gasteiger partial charge in [0.15, 0.2) is 0 Å². The summed E-state index contributed by atoms with van der Waals surface area (Å²) < 4.78 is 0. The first kappa shape index (κ1) is 15.7. The van der Waals surface area contributed by atoms with Crippen molar-refractivity contribution in [3.8, 4) is 0 Å². The van der Waals surface area contributed by atoms with Gasteiger partial charge in [0.1, 0.15) is 5.82 Å². The third-order valence-corrected chi connectivity index (χ3v) is 4.39. The number of aromatic nitrogens is 1. The Morgan fingerprint density at radius 3 is 2.65 bits per heavy atom. The monoisotopic (exact) mass is 314 g/mol. The van der Waals surface area contributed by atoms with Crippen molar-refractivity contribution in [2.24, 2.45) is 0 Å². The number of non-ortho nitro benzene ring substituents is 1. The molecule has 6 nitrogen and oxygen atoms in total. The number of pyridine rings is 1. The number of unbranched alkanes of at least 4 members (excludes halogenated alkanes) is 1. The molecule has 23 heavy (non-hydrogen) atoms. The fourth-order valence-electron chi connectivity index (χ4n) is 2.97. The Labute approximate surface area is 135 Å². The molecule has 0 N–H and O–H groups in total. The van der Waals surface area contributed by atoms with E-state index < -0.39 is 0 Å². The maximum absolute atomic E-state index is 10.8. The minimum Gasteiger partial charge on any atom is -0.354 e. The Bertz CT molecular complexity index is 696. The Hall–Kier alpha value is -2.21. The summed E-state index contributed by atoms with van der Waals surface area (Å²) in [7, 11) is 0. The summed E-state index contributed by atoms with van der Waals surface area (Å²) in [5.41, 5.74) is 0.915. The van der Waals surface area contributed by atoms with Crippen LogP contribution in [0.3, 0.4) is 0 Å². The summed E-state index contributed by atoms with van der Waals surface area (Å²) in [6, 6.07) is 8.72. The predicted molar refractivity (Wildman–Crippen MR) is 92.0 cm³/mol. The number of nitrogens with zero attached hydrogens (tertiary/aromatic N) is 4. The molecule has 1 aromatic heterocycles. The van der Waals surface area contributed by atoms with Crippen LogP contribution in [0.2, 0.25) is 0 Å². The quantitative estimate of drug-likeness (QED) is 0.627. The summed E-state index contributed by atoms with van der Waals surface area (Å²) in [5.74, 6) is 0.960. The molecule has 0 spiro atoms. The lowest BCUT2D eigenvalue weighted by atomic mass is 10.2. The maximum Gasteiger partial charge on any atom is 0.270 e. The molecular formula is C17H22N4O2. The highest BCUT2D eigenvalue weighted by molar-refractivity contribution is 5.82. The van der Waals surface area contributed by atoms with Crippen molar-refractivity contribution in [2.75, 3.05) is 37.6 Å². The van der Waals surface area contributed by atoms with Crippen LogP contribution in [0.4, 0.5) is 11.5 Å². The summed E-state index contributed by atoms with van der Waals surface area (Å²) in [6.07, 6.45) is 2.49. The minimum absolute atomic E-state index is 0.108. The number of benzene rings is 1. The van der Waals surface area contributed by atoms with Crippen LogP contribution in [0.15, 0.2) is 30.3 Å². The van der Waals surface area contributed by atoms with E-state index in [9.17, 15) is 10.1 Å². The highest BCUT2D eigenvalue weighted by atomic mass is 16.6. The van der Waals surface area contributed by atoms with Gasteiger partial charge in [-0.2, -0.15) is 0 Å². The van der Waals surface area contributed by atoms with Crippen LogP contribution in [-0.2, 0) is 0 Å². The number of nitro groups is 1. The van der Waals surface area contributed by atoms with E-state index in [0.29, 0.717) is 0 Å². The predicted octanol–water partition coefficient (Wildman–Crippen LogP) is 3.07. The van der Waals surface area contributed by atoms with Crippen LogP contribution in [0.25, 0.3) is 10.9 Å². The molecular weight excluding hydrogens is 292 g/mol. The van der Waals surface area contributed by atoms with Gasteiger partial charge in [0.2, 0.25) is 0 Å². The van der Waals surface area contributed by atoms with E-state index in [-0.39, 0.29) is 10.6 Å². The van der Waals surface area contributed by atoms with Crippen molar-refractivity contribution in [1.82, 2.24) is 9.88 Å². The second-order valence-corrected chi connectivity index (χ2v) is 5.99. The molecule has 1 aromatic carbocycles. The molecule has 2 heterocycles. The maximum atomic E-state index is 10.8. The molecule has 3 rings (SSSR count). The third kappa shape index (κ3) is 3.59. The van der Waals surface area contributed by atoms with Gasteiger partial charge in [-0.25, -0.2) is 4.98 Å². The zero-order valence-corrected chi connectivity index (χ0v) is 13.4. The van der Waals surface area contributed by atoms with Crippen molar-refractivity contribution >= 4 is 22.4 Å². The molecule has 6 heteroatoms. The van der Waals surface area contributed by atoms with Crippen LogP contribution in [-0.4, -0.2) is 47.5 Å². The zero-order chi connectivity index (χ0) is 16.2. The van der Waals surface area contributed by atoms with Gasteiger partial charge in [-0.15, -0.1) is 0 Å². The lowest BCUT2D eigenvalue weighted by Crippen LogP contribution is -2.46. The van der Waals surface area contributed by atoms with Gasteiger partial charge >= 0.3 is 0 Å². The highest BCUT2D eigenvalue weighted by Crippen LogP contribution is 2.23. The first-order chi connectivity index (χ1) is 11.2. The van der Waals surface area contributed by atoms with Crippen LogP contribution in [0.1, 0.15) is 19.8 Å². The Morgan fingerprint density at radius 1 is 1.17 bits per heavy atom. The number of rotatable bonds is 5.